The Balaban J connectivity index is 1.37. The van der Waals surface area contributed by atoms with E-state index in [1.807, 2.05) is 102 Å². The fourth-order valence-electron chi connectivity index (χ4n) is 4.09. The Bertz CT molecular complexity index is 1800. The summed E-state index contributed by atoms with van der Waals surface area (Å²) < 4.78 is 9.52. The van der Waals surface area contributed by atoms with Crippen LogP contribution in [0.5, 0.6) is 5.75 Å². The number of para-hydroxylation sites is 1. The quantitative estimate of drug-likeness (QED) is 0.288. The molecule has 6 aromatic rings. The normalized spacial score (nSPS) is 12.0. The summed E-state index contributed by atoms with van der Waals surface area (Å²) in [6.07, 6.45) is 3.82. The van der Waals surface area contributed by atoms with Gasteiger partial charge in [-0.25, -0.2) is 4.68 Å². The van der Waals surface area contributed by atoms with E-state index < -0.39 is 0 Å². The summed E-state index contributed by atoms with van der Waals surface area (Å²) in [6, 6.07) is 27.5. The number of aromatic nitrogens is 5. The van der Waals surface area contributed by atoms with Gasteiger partial charge in [-0.1, -0.05) is 73.7 Å². The first-order valence-electron chi connectivity index (χ1n) is 12.4. The molecule has 0 atom stereocenters. The van der Waals surface area contributed by atoms with Crippen LogP contribution in [0.2, 0.25) is 0 Å². The van der Waals surface area contributed by atoms with Crippen molar-refractivity contribution in [2.24, 2.45) is 5.92 Å². The van der Waals surface area contributed by atoms with Crippen LogP contribution in [0, 0.1) is 5.92 Å². The Kier molecular flexibility index (Phi) is 6.31. The molecule has 0 bridgehead atoms. The van der Waals surface area contributed by atoms with Crippen LogP contribution >= 0.6 is 11.3 Å². The predicted molar refractivity (Wildman–Crippen MR) is 151 cm³/mol. The van der Waals surface area contributed by atoms with Gasteiger partial charge in [-0.3, -0.25) is 4.79 Å². The van der Waals surface area contributed by atoms with E-state index in [4.69, 9.17) is 9.84 Å². The number of ether oxygens (including phenoxy) is 1. The molecule has 38 heavy (non-hydrogen) atoms. The molecule has 0 saturated carbocycles. The zero-order chi connectivity index (χ0) is 26.1. The third-order valence-corrected chi connectivity index (χ3v) is 6.93. The third-order valence-electron chi connectivity index (χ3n) is 5.97. The first-order valence-corrected chi connectivity index (χ1v) is 13.2. The second-order valence-corrected chi connectivity index (χ2v) is 10.4. The fourth-order valence-corrected chi connectivity index (χ4v) is 4.99. The van der Waals surface area contributed by atoms with Crippen molar-refractivity contribution in [2.45, 2.75) is 13.8 Å². The Labute approximate surface area is 223 Å². The first kappa shape index (κ1) is 23.8. The van der Waals surface area contributed by atoms with Crippen molar-refractivity contribution < 1.29 is 4.74 Å². The van der Waals surface area contributed by atoms with Crippen LogP contribution in [-0.4, -0.2) is 31.0 Å². The van der Waals surface area contributed by atoms with Gasteiger partial charge in [-0.05, 0) is 48.4 Å². The van der Waals surface area contributed by atoms with Crippen molar-refractivity contribution in [3.05, 3.63) is 112 Å². The summed E-state index contributed by atoms with van der Waals surface area (Å²) in [6.45, 7) is 4.88. The predicted octanol–water partition coefficient (Wildman–Crippen LogP) is 5.25. The minimum absolute atomic E-state index is 0.202. The molecule has 188 valence electrons. The van der Waals surface area contributed by atoms with E-state index >= 15 is 0 Å². The molecule has 0 aliphatic rings. The van der Waals surface area contributed by atoms with E-state index in [2.05, 4.69) is 23.9 Å². The van der Waals surface area contributed by atoms with Gasteiger partial charge in [0.25, 0.3) is 5.56 Å². The second-order valence-electron chi connectivity index (χ2n) is 9.35. The van der Waals surface area contributed by atoms with Gasteiger partial charge in [-0.2, -0.15) is 14.6 Å². The van der Waals surface area contributed by atoms with Gasteiger partial charge in [0.2, 0.25) is 4.96 Å². The van der Waals surface area contributed by atoms with Gasteiger partial charge in [0.15, 0.2) is 5.82 Å². The lowest BCUT2D eigenvalue weighted by molar-refractivity contribution is 0.271. The molecule has 0 unspecified atom stereocenters. The number of benzene rings is 3. The molecular weight excluding hydrogens is 494 g/mol. The van der Waals surface area contributed by atoms with Crippen LogP contribution in [0.15, 0.2) is 95.9 Å². The molecule has 0 amide bonds. The van der Waals surface area contributed by atoms with Crippen molar-refractivity contribution in [1.82, 2.24) is 24.4 Å². The summed E-state index contributed by atoms with van der Waals surface area (Å²) in [4.78, 5) is 18.5. The number of hydrogen-bond acceptors (Lipinski definition) is 6. The lowest BCUT2D eigenvalue weighted by Gasteiger charge is -2.08. The van der Waals surface area contributed by atoms with Crippen LogP contribution in [-0.2, 0) is 0 Å². The van der Waals surface area contributed by atoms with E-state index in [1.165, 1.54) is 15.9 Å². The molecular formula is C30H25N5O2S. The molecule has 8 heteroatoms. The molecule has 0 N–H and O–H groups in total. The first-order chi connectivity index (χ1) is 18.5. The molecule has 0 aliphatic heterocycles. The number of hydrogen-bond donors (Lipinski definition) is 0. The van der Waals surface area contributed by atoms with Crippen LogP contribution in [0.1, 0.15) is 19.4 Å². The van der Waals surface area contributed by atoms with Crippen LogP contribution in [0.4, 0.5) is 0 Å². The molecule has 6 rings (SSSR count). The third kappa shape index (κ3) is 4.73. The topological polar surface area (TPSA) is 74.3 Å². The molecule has 0 radical (unpaired) electrons. The molecule has 0 fully saturated rings. The summed E-state index contributed by atoms with van der Waals surface area (Å²) in [7, 11) is 0. The summed E-state index contributed by atoms with van der Waals surface area (Å²) in [5, 5.41) is 9.35. The van der Waals surface area contributed by atoms with Gasteiger partial charge in [0.05, 0.1) is 22.5 Å². The zero-order valence-corrected chi connectivity index (χ0v) is 21.8. The lowest BCUT2D eigenvalue weighted by atomic mass is 10.1. The summed E-state index contributed by atoms with van der Waals surface area (Å²) in [5.74, 6) is 1.77. The monoisotopic (exact) mass is 519 g/mol. The van der Waals surface area contributed by atoms with Gasteiger partial charge in [0, 0.05) is 22.9 Å². The highest BCUT2D eigenvalue weighted by Crippen LogP contribution is 2.25. The highest BCUT2D eigenvalue weighted by Gasteiger charge is 2.15. The average molecular weight is 520 g/mol. The minimum Gasteiger partial charge on any atom is -0.493 e. The van der Waals surface area contributed by atoms with Crippen molar-refractivity contribution in [3.8, 4) is 34.1 Å². The Morgan fingerprint density at radius 2 is 1.61 bits per heavy atom. The molecule has 0 aliphatic carbocycles. The largest absolute Gasteiger partial charge is 0.493 e. The van der Waals surface area contributed by atoms with E-state index in [-0.39, 0.29) is 5.56 Å². The van der Waals surface area contributed by atoms with Crippen molar-refractivity contribution in [1.29, 1.82) is 0 Å². The van der Waals surface area contributed by atoms with Crippen LogP contribution in [0.25, 0.3) is 39.4 Å². The second kappa shape index (κ2) is 10.1. The number of nitrogens with zero attached hydrogens (tertiary/aromatic N) is 5. The average Bonchev–Trinajstić information content (AvgIpc) is 3.64. The number of thiazole rings is 1. The lowest BCUT2D eigenvalue weighted by Crippen LogP contribution is -2.23. The van der Waals surface area contributed by atoms with Crippen molar-refractivity contribution in [2.75, 3.05) is 6.61 Å². The zero-order valence-electron chi connectivity index (χ0n) is 21.0. The van der Waals surface area contributed by atoms with E-state index in [0.717, 1.165) is 33.8 Å². The van der Waals surface area contributed by atoms with E-state index in [0.29, 0.717) is 27.8 Å². The maximum atomic E-state index is 13.3. The van der Waals surface area contributed by atoms with Gasteiger partial charge < -0.3 is 4.74 Å². The highest BCUT2D eigenvalue weighted by molar-refractivity contribution is 7.15. The maximum absolute atomic E-state index is 13.3. The Morgan fingerprint density at radius 3 is 2.29 bits per heavy atom. The standard InChI is InChI=1S/C30H25N5O2S/c1-20(2)19-37-25-15-13-22(14-16-25)28-31-30-35(33-28)29(36)26(38-30)17-23-18-34(24-11-7-4-8-12-24)32-27(23)21-9-5-3-6-10-21/h3-18,20H,19H2,1-2H3/b26-17-. The Morgan fingerprint density at radius 1 is 0.895 bits per heavy atom. The fraction of sp³-hybridized carbons (Fsp3) is 0.133. The molecule has 0 spiro atoms. The minimum atomic E-state index is -0.202. The Hall–Kier alpha value is -4.56. The van der Waals surface area contributed by atoms with Crippen LogP contribution in [0.3, 0.4) is 0 Å². The van der Waals surface area contributed by atoms with Crippen molar-refractivity contribution >= 4 is 22.4 Å². The molecule has 7 nitrogen and oxygen atoms in total. The maximum Gasteiger partial charge on any atom is 0.291 e. The molecule has 3 aromatic carbocycles. The van der Waals surface area contributed by atoms with Gasteiger partial charge in [-0.15, -0.1) is 5.10 Å². The highest BCUT2D eigenvalue weighted by atomic mass is 32.1. The smallest absolute Gasteiger partial charge is 0.291 e. The molecule has 3 aromatic heterocycles. The summed E-state index contributed by atoms with van der Waals surface area (Å²) >= 11 is 1.32. The molecule has 3 heterocycles. The van der Waals surface area contributed by atoms with Gasteiger partial charge in [0.1, 0.15) is 5.75 Å². The number of fused-ring (bicyclic) bond motifs is 1. The molecule has 0 saturated heterocycles. The van der Waals surface area contributed by atoms with Crippen molar-refractivity contribution in [3.63, 3.8) is 0 Å². The SMILES string of the molecule is CC(C)COc1ccc(-c2nc3s/c(=C\c4cn(-c5ccccc5)nc4-c4ccccc4)c(=O)n3n2)cc1. The van der Waals surface area contributed by atoms with E-state index in [1.54, 1.807) is 0 Å². The van der Waals surface area contributed by atoms with Gasteiger partial charge >= 0.3 is 0 Å². The van der Waals surface area contributed by atoms with Crippen LogP contribution < -0.4 is 14.8 Å². The number of rotatable bonds is 7. The van der Waals surface area contributed by atoms with E-state index in [9.17, 15) is 4.79 Å². The summed E-state index contributed by atoms with van der Waals surface area (Å²) in [5.41, 5.74) is 4.19.